The SMILES string of the molecule is CC(C)c1cnc(Nc2nc(C=Cc3cccc(F)c3)nc(NC(C)c3ccncc3)n2)s1. The first-order valence-corrected chi connectivity index (χ1v) is 11.4. The van der Waals surface area contributed by atoms with Crippen molar-refractivity contribution in [2.75, 3.05) is 10.6 Å². The lowest BCUT2D eigenvalue weighted by Gasteiger charge is -2.14. The van der Waals surface area contributed by atoms with Crippen LogP contribution in [0.25, 0.3) is 12.2 Å². The molecule has 3 aromatic heterocycles. The molecule has 2 N–H and O–H groups in total. The molecule has 33 heavy (non-hydrogen) atoms. The summed E-state index contributed by atoms with van der Waals surface area (Å²) in [4.78, 5) is 23.2. The zero-order chi connectivity index (χ0) is 23.2. The van der Waals surface area contributed by atoms with Gasteiger partial charge in [-0.05, 0) is 54.3 Å². The van der Waals surface area contributed by atoms with E-state index in [2.05, 4.69) is 49.4 Å². The smallest absolute Gasteiger partial charge is 0.234 e. The van der Waals surface area contributed by atoms with Gasteiger partial charge in [0.2, 0.25) is 11.9 Å². The fourth-order valence-corrected chi connectivity index (χ4v) is 3.82. The van der Waals surface area contributed by atoms with Gasteiger partial charge in [-0.1, -0.05) is 32.1 Å². The topological polar surface area (TPSA) is 88.5 Å². The molecular weight excluding hydrogens is 437 g/mol. The van der Waals surface area contributed by atoms with Crippen molar-refractivity contribution >= 4 is 40.5 Å². The number of aromatic nitrogens is 5. The molecular formula is C24H24FN7S. The van der Waals surface area contributed by atoms with Gasteiger partial charge in [0.25, 0.3) is 0 Å². The molecule has 4 aromatic rings. The van der Waals surface area contributed by atoms with Crippen LogP contribution in [0.5, 0.6) is 0 Å². The average molecular weight is 462 g/mol. The summed E-state index contributed by atoms with van der Waals surface area (Å²) < 4.78 is 13.5. The monoisotopic (exact) mass is 461 g/mol. The molecule has 3 heterocycles. The van der Waals surface area contributed by atoms with Gasteiger partial charge in [-0.15, -0.1) is 11.3 Å². The van der Waals surface area contributed by atoms with E-state index in [4.69, 9.17) is 0 Å². The summed E-state index contributed by atoms with van der Waals surface area (Å²) in [5, 5.41) is 7.20. The van der Waals surface area contributed by atoms with Crippen molar-refractivity contribution in [1.82, 2.24) is 24.9 Å². The third-order valence-corrected chi connectivity index (χ3v) is 6.00. The molecule has 0 fully saturated rings. The van der Waals surface area contributed by atoms with Crippen LogP contribution in [-0.2, 0) is 0 Å². The minimum absolute atomic E-state index is 0.0456. The summed E-state index contributed by atoms with van der Waals surface area (Å²) in [6.45, 7) is 6.26. The number of hydrogen-bond acceptors (Lipinski definition) is 8. The van der Waals surface area contributed by atoms with Crippen LogP contribution in [0.3, 0.4) is 0 Å². The molecule has 1 atom stereocenters. The number of anilines is 3. The quantitative estimate of drug-likeness (QED) is 0.329. The summed E-state index contributed by atoms with van der Waals surface area (Å²) in [5.41, 5.74) is 1.77. The second-order valence-electron chi connectivity index (χ2n) is 7.72. The van der Waals surface area contributed by atoms with Gasteiger partial charge in [-0.25, -0.2) is 9.37 Å². The maximum atomic E-state index is 13.5. The number of rotatable bonds is 8. The van der Waals surface area contributed by atoms with Gasteiger partial charge in [-0.2, -0.15) is 15.0 Å². The van der Waals surface area contributed by atoms with Gasteiger partial charge in [0.05, 0.1) is 6.04 Å². The van der Waals surface area contributed by atoms with Crippen LogP contribution < -0.4 is 10.6 Å². The lowest BCUT2D eigenvalue weighted by molar-refractivity contribution is 0.627. The second-order valence-corrected chi connectivity index (χ2v) is 8.79. The molecule has 9 heteroatoms. The number of benzene rings is 1. The Hall–Kier alpha value is -3.72. The predicted molar refractivity (Wildman–Crippen MR) is 131 cm³/mol. The zero-order valence-corrected chi connectivity index (χ0v) is 19.3. The Morgan fingerprint density at radius 1 is 0.970 bits per heavy atom. The maximum absolute atomic E-state index is 13.5. The van der Waals surface area contributed by atoms with E-state index in [-0.39, 0.29) is 11.9 Å². The molecule has 0 amide bonds. The molecule has 1 aromatic carbocycles. The van der Waals surface area contributed by atoms with Crippen LogP contribution in [-0.4, -0.2) is 24.9 Å². The fraction of sp³-hybridized carbons (Fsp3) is 0.208. The maximum Gasteiger partial charge on any atom is 0.234 e. The minimum atomic E-state index is -0.298. The van der Waals surface area contributed by atoms with Crippen molar-refractivity contribution in [3.63, 3.8) is 0 Å². The van der Waals surface area contributed by atoms with Crippen LogP contribution in [0.1, 0.15) is 54.6 Å². The molecule has 0 aliphatic heterocycles. The highest BCUT2D eigenvalue weighted by atomic mass is 32.1. The second kappa shape index (κ2) is 10.3. The van der Waals surface area contributed by atoms with Crippen molar-refractivity contribution in [3.8, 4) is 0 Å². The molecule has 4 rings (SSSR count). The predicted octanol–water partition coefficient (Wildman–Crippen LogP) is 6.07. The Balaban J connectivity index is 1.62. The van der Waals surface area contributed by atoms with E-state index in [1.807, 2.05) is 31.3 Å². The number of pyridine rings is 1. The van der Waals surface area contributed by atoms with Crippen LogP contribution in [0.2, 0.25) is 0 Å². The van der Waals surface area contributed by atoms with Gasteiger partial charge in [0.15, 0.2) is 11.0 Å². The first kappa shape index (κ1) is 22.5. The number of hydrogen-bond donors (Lipinski definition) is 2. The Labute approximate surface area is 195 Å². The summed E-state index contributed by atoms with van der Waals surface area (Å²) >= 11 is 1.56. The standard InChI is InChI=1S/C24H24FN7S/c1-15(2)20-14-27-24(33-20)32-23-30-21(8-7-17-5-4-6-19(25)13-17)29-22(31-23)28-16(3)18-9-11-26-12-10-18/h4-16H,1-3H3,(H2,27,28,29,30,31,32). The summed E-state index contributed by atoms with van der Waals surface area (Å²) in [6, 6.07) is 10.2. The molecule has 1 unspecified atom stereocenters. The van der Waals surface area contributed by atoms with E-state index in [1.165, 1.54) is 17.0 Å². The van der Waals surface area contributed by atoms with Gasteiger partial charge < -0.3 is 5.32 Å². The normalized spacial score (nSPS) is 12.3. The lowest BCUT2D eigenvalue weighted by Crippen LogP contribution is -2.12. The van der Waals surface area contributed by atoms with Crippen LogP contribution >= 0.6 is 11.3 Å². The molecule has 0 saturated heterocycles. The summed E-state index contributed by atoms with van der Waals surface area (Å²) in [6.07, 6.45) is 8.84. The van der Waals surface area contributed by atoms with Gasteiger partial charge in [-0.3, -0.25) is 10.3 Å². The number of thiazole rings is 1. The lowest BCUT2D eigenvalue weighted by atomic mass is 10.1. The molecule has 0 radical (unpaired) electrons. The third-order valence-electron chi connectivity index (χ3n) is 4.79. The number of nitrogens with zero attached hydrogens (tertiary/aromatic N) is 5. The Kier molecular flexibility index (Phi) is 6.99. The molecule has 0 bridgehead atoms. The van der Waals surface area contributed by atoms with E-state index in [0.717, 1.165) is 5.56 Å². The van der Waals surface area contributed by atoms with Crippen LogP contribution in [0, 0.1) is 5.82 Å². The molecule has 0 spiro atoms. The van der Waals surface area contributed by atoms with E-state index in [0.29, 0.717) is 34.3 Å². The molecule has 0 saturated carbocycles. The molecule has 7 nitrogen and oxygen atoms in total. The van der Waals surface area contributed by atoms with Crippen molar-refractivity contribution in [2.45, 2.75) is 32.7 Å². The Morgan fingerprint density at radius 3 is 2.48 bits per heavy atom. The van der Waals surface area contributed by atoms with Crippen LogP contribution in [0.4, 0.5) is 21.4 Å². The average Bonchev–Trinajstić information content (AvgIpc) is 3.27. The first-order valence-electron chi connectivity index (χ1n) is 10.5. The zero-order valence-electron chi connectivity index (χ0n) is 18.5. The van der Waals surface area contributed by atoms with Crippen molar-refractivity contribution < 1.29 is 4.39 Å². The Bertz CT molecular complexity index is 1240. The number of nitrogens with one attached hydrogen (secondary N) is 2. The van der Waals surface area contributed by atoms with E-state index in [9.17, 15) is 4.39 Å². The van der Waals surface area contributed by atoms with Crippen molar-refractivity contribution in [3.05, 3.63) is 82.6 Å². The molecule has 0 aliphatic carbocycles. The van der Waals surface area contributed by atoms with Gasteiger partial charge in [0, 0.05) is 23.5 Å². The van der Waals surface area contributed by atoms with E-state index < -0.39 is 0 Å². The highest BCUT2D eigenvalue weighted by Crippen LogP contribution is 2.27. The highest BCUT2D eigenvalue weighted by Gasteiger charge is 2.12. The Morgan fingerprint density at radius 2 is 1.76 bits per heavy atom. The van der Waals surface area contributed by atoms with E-state index >= 15 is 0 Å². The third kappa shape index (κ3) is 6.17. The van der Waals surface area contributed by atoms with Crippen LogP contribution in [0.15, 0.2) is 55.0 Å². The van der Waals surface area contributed by atoms with Gasteiger partial charge in [0.1, 0.15) is 5.82 Å². The number of halogens is 1. The largest absolute Gasteiger partial charge is 0.348 e. The summed E-state index contributed by atoms with van der Waals surface area (Å²) in [7, 11) is 0. The van der Waals surface area contributed by atoms with E-state index in [1.54, 1.807) is 41.9 Å². The molecule has 0 aliphatic rings. The summed E-state index contributed by atoms with van der Waals surface area (Å²) in [5.74, 6) is 1.31. The highest BCUT2D eigenvalue weighted by molar-refractivity contribution is 7.15. The fourth-order valence-electron chi connectivity index (χ4n) is 3.00. The van der Waals surface area contributed by atoms with Crippen molar-refractivity contribution in [1.29, 1.82) is 0 Å². The first-order chi connectivity index (χ1) is 16.0. The van der Waals surface area contributed by atoms with Gasteiger partial charge >= 0.3 is 0 Å². The minimum Gasteiger partial charge on any atom is -0.348 e. The van der Waals surface area contributed by atoms with Crippen molar-refractivity contribution in [2.24, 2.45) is 0 Å². The molecule has 168 valence electrons.